The predicted octanol–water partition coefficient (Wildman–Crippen LogP) is 0.626. The van der Waals surface area contributed by atoms with Crippen LogP contribution in [-0.4, -0.2) is 10.9 Å². The zero-order valence-electron chi connectivity index (χ0n) is 5.91. The molecule has 0 radical (unpaired) electrons. The van der Waals surface area contributed by atoms with E-state index in [2.05, 4.69) is 10.3 Å². The van der Waals surface area contributed by atoms with Gasteiger partial charge in [-0.25, -0.2) is 4.98 Å². The molecule has 2 heterocycles. The lowest BCUT2D eigenvalue weighted by molar-refractivity contribution is -0.119. The monoisotopic (exact) mass is 152 g/mol. The van der Waals surface area contributed by atoms with Crippen LogP contribution >= 0.6 is 0 Å². The molecule has 1 aromatic rings. The Morgan fingerprint density at radius 3 is 3.18 bits per heavy atom. The fourth-order valence-electron chi connectivity index (χ4n) is 1.23. The molecule has 4 nitrogen and oxygen atoms in total. The number of oxazole rings is 1. The van der Waals surface area contributed by atoms with Crippen molar-refractivity contribution in [3.8, 4) is 0 Å². The molecule has 1 saturated heterocycles. The molecule has 1 aliphatic rings. The summed E-state index contributed by atoms with van der Waals surface area (Å²) in [5, 5.41) is 2.78. The Bertz CT molecular complexity index is 255. The van der Waals surface area contributed by atoms with E-state index in [4.69, 9.17) is 4.42 Å². The van der Waals surface area contributed by atoms with Crippen LogP contribution in [0.25, 0.3) is 0 Å². The first kappa shape index (κ1) is 6.39. The van der Waals surface area contributed by atoms with Gasteiger partial charge in [-0.2, -0.15) is 0 Å². The largest absolute Gasteiger partial charge is 0.446 e. The molecule has 58 valence electrons. The molecular weight excluding hydrogens is 144 g/mol. The Balaban J connectivity index is 2.13. The number of nitrogens with zero attached hydrogens (tertiary/aromatic N) is 1. The summed E-state index contributed by atoms with van der Waals surface area (Å²) in [6, 6.07) is 0.0463. The number of carbonyl (C=O) groups is 1. The number of carbonyl (C=O) groups excluding carboxylic acids is 1. The van der Waals surface area contributed by atoms with Crippen LogP contribution in [-0.2, 0) is 4.79 Å². The number of hydrogen-bond donors (Lipinski definition) is 1. The summed E-state index contributed by atoms with van der Waals surface area (Å²) in [6.07, 6.45) is 4.41. The van der Waals surface area contributed by atoms with E-state index < -0.39 is 0 Å². The van der Waals surface area contributed by atoms with E-state index >= 15 is 0 Å². The van der Waals surface area contributed by atoms with Gasteiger partial charge in [0.1, 0.15) is 5.76 Å². The van der Waals surface area contributed by atoms with Crippen LogP contribution in [0.1, 0.15) is 24.6 Å². The Morgan fingerprint density at radius 2 is 2.64 bits per heavy atom. The minimum absolute atomic E-state index is 0.0463. The Hall–Kier alpha value is -1.32. The summed E-state index contributed by atoms with van der Waals surface area (Å²) in [5.74, 6) is 0.835. The summed E-state index contributed by atoms with van der Waals surface area (Å²) in [7, 11) is 0. The van der Waals surface area contributed by atoms with Crippen LogP contribution in [0.3, 0.4) is 0 Å². The fourth-order valence-corrected chi connectivity index (χ4v) is 1.23. The van der Waals surface area contributed by atoms with Crippen LogP contribution in [0, 0.1) is 0 Å². The first-order valence-electron chi connectivity index (χ1n) is 3.54. The summed E-state index contributed by atoms with van der Waals surface area (Å²) in [4.78, 5) is 14.5. The quantitative estimate of drug-likeness (QED) is 0.642. The molecular formula is C7H8N2O2. The smallest absolute Gasteiger partial charge is 0.220 e. The number of nitrogens with one attached hydrogen (secondary N) is 1. The van der Waals surface area contributed by atoms with E-state index in [1.165, 1.54) is 6.39 Å². The third kappa shape index (κ3) is 1.11. The topological polar surface area (TPSA) is 55.1 Å². The molecule has 11 heavy (non-hydrogen) atoms. The lowest BCUT2D eigenvalue weighted by atomic mass is 10.2. The first-order valence-corrected chi connectivity index (χ1v) is 3.54. The van der Waals surface area contributed by atoms with Gasteiger partial charge in [-0.1, -0.05) is 0 Å². The average Bonchev–Trinajstić information content (AvgIpc) is 2.55. The van der Waals surface area contributed by atoms with Gasteiger partial charge in [0.2, 0.25) is 5.91 Å². The number of aromatic nitrogens is 1. The summed E-state index contributed by atoms with van der Waals surface area (Å²) < 4.78 is 5.04. The van der Waals surface area contributed by atoms with Gasteiger partial charge in [-0.15, -0.1) is 0 Å². The highest BCUT2D eigenvalue weighted by molar-refractivity contribution is 5.78. The second kappa shape index (κ2) is 2.38. The van der Waals surface area contributed by atoms with Crippen LogP contribution < -0.4 is 5.32 Å². The van der Waals surface area contributed by atoms with E-state index in [0.29, 0.717) is 6.42 Å². The molecule has 0 aliphatic carbocycles. The summed E-state index contributed by atoms with van der Waals surface area (Å²) in [5.41, 5.74) is 0. The average molecular weight is 152 g/mol. The van der Waals surface area contributed by atoms with Gasteiger partial charge in [0.15, 0.2) is 6.39 Å². The highest BCUT2D eigenvalue weighted by Crippen LogP contribution is 2.22. The van der Waals surface area contributed by atoms with Gasteiger partial charge in [-0.05, 0) is 6.42 Å². The SMILES string of the molecule is O=C1CCC(c2cnco2)N1. The van der Waals surface area contributed by atoms with Crippen LogP contribution in [0.4, 0.5) is 0 Å². The maximum atomic E-state index is 10.8. The Morgan fingerprint density at radius 1 is 1.73 bits per heavy atom. The highest BCUT2D eigenvalue weighted by atomic mass is 16.3. The molecule has 0 bridgehead atoms. The zero-order chi connectivity index (χ0) is 7.68. The number of hydrogen-bond acceptors (Lipinski definition) is 3. The zero-order valence-corrected chi connectivity index (χ0v) is 5.91. The van der Waals surface area contributed by atoms with Crippen LogP contribution in [0.15, 0.2) is 17.0 Å². The molecule has 0 spiro atoms. The molecule has 4 heteroatoms. The van der Waals surface area contributed by atoms with Gasteiger partial charge in [0, 0.05) is 6.42 Å². The fraction of sp³-hybridized carbons (Fsp3) is 0.429. The van der Waals surface area contributed by atoms with Gasteiger partial charge in [0.25, 0.3) is 0 Å². The molecule has 1 aliphatic heterocycles. The minimum atomic E-state index is 0.0463. The van der Waals surface area contributed by atoms with E-state index in [1.807, 2.05) is 0 Å². The molecule has 1 fully saturated rings. The lowest BCUT2D eigenvalue weighted by Crippen LogP contribution is -2.17. The Kier molecular flexibility index (Phi) is 1.38. The van der Waals surface area contributed by atoms with Crippen molar-refractivity contribution < 1.29 is 9.21 Å². The molecule has 0 saturated carbocycles. The molecule has 1 unspecified atom stereocenters. The van der Waals surface area contributed by atoms with Gasteiger partial charge < -0.3 is 9.73 Å². The maximum Gasteiger partial charge on any atom is 0.220 e. The van der Waals surface area contributed by atoms with Crippen molar-refractivity contribution in [2.45, 2.75) is 18.9 Å². The van der Waals surface area contributed by atoms with Gasteiger partial charge in [-0.3, -0.25) is 4.79 Å². The molecule has 1 N–H and O–H groups in total. The van der Waals surface area contributed by atoms with E-state index in [1.54, 1.807) is 6.20 Å². The van der Waals surface area contributed by atoms with Crippen molar-refractivity contribution in [2.75, 3.05) is 0 Å². The normalized spacial score (nSPS) is 23.6. The van der Waals surface area contributed by atoms with Crippen molar-refractivity contribution in [1.82, 2.24) is 10.3 Å². The van der Waals surface area contributed by atoms with E-state index in [0.717, 1.165) is 12.2 Å². The number of amides is 1. The third-order valence-electron chi connectivity index (χ3n) is 1.79. The molecule has 1 aromatic heterocycles. The van der Waals surface area contributed by atoms with Crippen LogP contribution in [0.5, 0.6) is 0 Å². The predicted molar refractivity (Wildman–Crippen MR) is 36.6 cm³/mol. The maximum absolute atomic E-state index is 10.8. The van der Waals surface area contributed by atoms with Gasteiger partial charge in [0.05, 0.1) is 12.2 Å². The summed E-state index contributed by atoms with van der Waals surface area (Å²) in [6.45, 7) is 0. The molecule has 1 amide bonds. The second-order valence-electron chi connectivity index (χ2n) is 2.56. The minimum Gasteiger partial charge on any atom is -0.446 e. The van der Waals surface area contributed by atoms with Crippen molar-refractivity contribution >= 4 is 5.91 Å². The van der Waals surface area contributed by atoms with Crippen molar-refractivity contribution in [3.63, 3.8) is 0 Å². The van der Waals surface area contributed by atoms with Crippen molar-refractivity contribution in [3.05, 3.63) is 18.4 Å². The van der Waals surface area contributed by atoms with Crippen molar-refractivity contribution in [1.29, 1.82) is 0 Å². The Labute approximate surface area is 63.6 Å². The summed E-state index contributed by atoms with van der Waals surface area (Å²) >= 11 is 0. The van der Waals surface area contributed by atoms with E-state index in [-0.39, 0.29) is 11.9 Å². The standard InChI is InChI=1S/C7H8N2O2/c10-7-2-1-5(9-7)6-3-8-4-11-6/h3-5H,1-2H2,(H,9,10). The molecule has 0 aromatic carbocycles. The van der Waals surface area contributed by atoms with Crippen LogP contribution in [0.2, 0.25) is 0 Å². The lowest BCUT2D eigenvalue weighted by Gasteiger charge is -2.03. The highest BCUT2D eigenvalue weighted by Gasteiger charge is 2.24. The first-order chi connectivity index (χ1) is 5.36. The van der Waals surface area contributed by atoms with Gasteiger partial charge >= 0.3 is 0 Å². The molecule has 2 rings (SSSR count). The molecule has 1 atom stereocenters. The van der Waals surface area contributed by atoms with Crippen molar-refractivity contribution in [2.24, 2.45) is 0 Å². The second-order valence-corrected chi connectivity index (χ2v) is 2.56. The number of rotatable bonds is 1. The third-order valence-corrected chi connectivity index (χ3v) is 1.79. The van der Waals surface area contributed by atoms with E-state index in [9.17, 15) is 4.79 Å².